The van der Waals surface area contributed by atoms with Crippen molar-refractivity contribution in [3.8, 4) is 0 Å². The van der Waals surface area contributed by atoms with E-state index in [1.54, 1.807) is 12.1 Å². The van der Waals surface area contributed by atoms with Gasteiger partial charge in [-0.15, -0.1) is 0 Å². The van der Waals surface area contributed by atoms with E-state index in [4.69, 9.17) is 16.0 Å². The number of rotatable bonds is 5. The van der Waals surface area contributed by atoms with Crippen LogP contribution in [0.5, 0.6) is 0 Å². The highest BCUT2D eigenvalue weighted by atomic mass is 35.5. The van der Waals surface area contributed by atoms with Crippen LogP contribution in [0, 0.1) is 6.92 Å². The summed E-state index contributed by atoms with van der Waals surface area (Å²) in [5.74, 6) is 0.392. The maximum absolute atomic E-state index is 12.9. The van der Waals surface area contributed by atoms with Crippen molar-refractivity contribution in [2.24, 2.45) is 5.10 Å². The molecule has 0 radical (unpaired) electrons. The number of carbonyl (C=O) groups excluding carboxylic acids is 2. The molecule has 2 N–H and O–H groups in total. The standard InChI is InChI=1S/C28H24ClN3O3/c1-17-25-23(31-32-27(33)21-12-6-10-18-8-2-4-11-20(18)21)14-7-15-24(25)35-26(17)28(34)30-16-19-9-3-5-13-22(19)29/h2-6,8-13H,7,14-16H2,1H3,(H,30,34)(H,32,33)/b31-23+. The van der Waals surface area contributed by atoms with Crippen molar-refractivity contribution < 1.29 is 14.0 Å². The second-order valence-electron chi connectivity index (χ2n) is 8.51. The van der Waals surface area contributed by atoms with Crippen LogP contribution in [0.4, 0.5) is 0 Å². The lowest BCUT2D eigenvalue weighted by Gasteiger charge is -2.13. The summed E-state index contributed by atoms with van der Waals surface area (Å²) in [7, 11) is 0. The van der Waals surface area contributed by atoms with Gasteiger partial charge in [0.05, 0.1) is 5.71 Å². The molecule has 6 nitrogen and oxygen atoms in total. The average Bonchev–Trinajstić information content (AvgIpc) is 3.23. The summed E-state index contributed by atoms with van der Waals surface area (Å²) in [6.45, 7) is 2.14. The smallest absolute Gasteiger partial charge is 0.287 e. The minimum atomic E-state index is -0.309. The normalized spacial score (nSPS) is 14.1. The van der Waals surface area contributed by atoms with E-state index >= 15 is 0 Å². The number of nitrogens with one attached hydrogen (secondary N) is 2. The van der Waals surface area contributed by atoms with Crippen LogP contribution in [0.2, 0.25) is 5.02 Å². The molecule has 5 rings (SSSR count). The molecular formula is C28H24ClN3O3. The fourth-order valence-electron chi connectivity index (χ4n) is 4.50. The molecule has 35 heavy (non-hydrogen) atoms. The number of aryl methyl sites for hydroxylation is 1. The Morgan fingerprint density at radius 3 is 2.60 bits per heavy atom. The molecule has 0 atom stereocenters. The zero-order valence-corrected chi connectivity index (χ0v) is 20.0. The summed E-state index contributed by atoms with van der Waals surface area (Å²) < 4.78 is 5.96. The molecule has 1 aliphatic carbocycles. The predicted molar refractivity (Wildman–Crippen MR) is 137 cm³/mol. The molecule has 0 bridgehead atoms. The molecule has 176 valence electrons. The number of benzene rings is 3. The predicted octanol–water partition coefficient (Wildman–Crippen LogP) is 5.80. The summed E-state index contributed by atoms with van der Waals surface area (Å²) >= 11 is 6.20. The van der Waals surface area contributed by atoms with Gasteiger partial charge in [0.25, 0.3) is 11.8 Å². The topological polar surface area (TPSA) is 83.7 Å². The first-order chi connectivity index (χ1) is 17.0. The second-order valence-corrected chi connectivity index (χ2v) is 8.92. The zero-order valence-electron chi connectivity index (χ0n) is 19.2. The van der Waals surface area contributed by atoms with E-state index in [-0.39, 0.29) is 17.6 Å². The van der Waals surface area contributed by atoms with Crippen LogP contribution < -0.4 is 10.7 Å². The van der Waals surface area contributed by atoms with Crippen LogP contribution in [-0.4, -0.2) is 17.5 Å². The number of carbonyl (C=O) groups is 2. The lowest BCUT2D eigenvalue weighted by molar-refractivity contribution is 0.0919. The van der Waals surface area contributed by atoms with Gasteiger partial charge >= 0.3 is 0 Å². The molecule has 0 aliphatic heterocycles. The van der Waals surface area contributed by atoms with Crippen LogP contribution in [0.1, 0.15) is 56.2 Å². The largest absolute Gasteiger partial charge is 0.455 e. The number of hydrazone groups is 1. The first kappa shape index (κ1) is 22.9. The highest BCUT2D eigenvalue weighted by Gasteiger charge is 2.28. The highest BCUT2D eigenvalue weighted by Crippen LogP contribution is 2.30. The molecule has 0 saturated carbocycles. The van der Waals surface area contributed by atoms with Gasteiger partial charge in [-0.25, -0.2) is 5.43 Å². The molecular weight excluding hydrogens is 462 g/mol. The second kappa shape index (κ2) is 9.76. The molecule has 1 aliphatic rings. The van der Waals surface area contributed by atoms with Crippen molar-refractivity contribution in [1.82, 2.24) is 10.7 Å². The molecule has 0 saturated heterocycles. The van der Waals surface area contributed by atoms with Gasteiger partial charge in [-0.3, -0.25) is 9.59 Å². The third kappa shape index (κ3) is 4.57. The quantitative estimate of drug-likeness (QED) is 0.351. The molecule has 4 aromatic rings. The Morgan fingerprint density at radius 2 is 1.74 bits per heavy atom. The van der Waals surface area contributed by atoms with Crippen LogP contribution >= 0.6 is 11.6 Å². The molecule has 1 heterocycles. The lowest BCUT2D eigenvalue weighted by Crippen LogP contribution is -2.24. The minimum Gasteiger partial charge on any atom is -0.455 e. The van der Waals surface area contributed by atoms with Crippen molar-refractivity contribution in [2.45, 2.75) is 32.7 Å². The number of halogens is 1. The van der Waals surface area contributed by atoms with Crippen molar-refractivity contribution in [1.29, 1.82) is 0 Å². The Labute approximate surface area is 208 Å². The van der Waals surface area contributed by atoms with Gasteiger partial charge in [-0.1, -0.05) is 66.2 Å². The SMILES string of the molecule is Cc1c(C(=O)NCc2ccccc2Cl)oc2c1/C(=N/NC(=O)c1cccc3ccccc13)CCC2. The monoisotopic (exact) mass is 485 g/mol. The first-order valence-electron chi connectivity index (χ1n) is 11.5. The highest BCUT2D eigenvalue weighted by molar-refractivity contribution is 6.31. The van der Waals surface area contributed by atoms with Gasteiger partial charge in [0, 0.05) is 34.7 Å². The third-order valence-corrected chi connectivity index (χ3v) is 6.62. The van der Waals surface area contributed by atoms with Crippen molar-refractivity contribution in [3.63, 3.8) is 0 Å². The molecule has 7 heteroatoms. The van der Waals surface area contributed by atoms with Crippen LogP contribution in [0.3, 0.4) is 0 Å². The minimum absolute atomic E-state index is 0.261. The number of nitrogens with zero attached hydrogens (tertiary/aromatic N) is 1. The van der Waals surface area contributed by atoms with Crippen molar-refractivity contribution >= 4 is 39.9 Å². The number of hydrogen-bond donors (Lipinski definition) is 2. The van der Waals surface area contributed by atoms with E-state index < -0.39 is 0 Å². The summed E-state index contributed by atoms with van der Waals surface area (Å²) in [5, 5.41) is 9.80. The number of fused-ring (bicyclic) bond motifs is 2. The molecule has 0 fully saturated rings. The summed E-state index contributed by atoms with van der Waals surface area (Å²) in [6.07, 6.45) is 2.22. The fourth-order valence-corrected chi connectivity index (χ4v) is 4.70. The van der Waals surface area contributed by atoms with Gasteiger partial charge in [0.1, 0.15) is 5.76 Å². The fraction of sp³-hybridized carbons (Fsp3) is 0.179. The van der Waals surface area contributed by atoms with Gasteiger partial charge < -0.3 is 9.73 Å². The maximum Gasteiger partial charge on any atom is 0.287 e. The first-order valence-corrected chi connectivity index (χ1v) is 11.9. The van der Waals surface area contributed by atoms with E-state index in [1.165, 1.54) is 0 Å². The van der Waals surface area contributed by atoms with Crippen LogP contribution in [-0.2, 0) is 13.0 Å². The van der Waals surface area contributed by atoms with Crippen molar-refractivity contribution in [2.75, 3.05) is 0 Å². The zero-order chi connectivity index (χ0) is 24.4. The number of furan rings is 1. The Morgan fingerprint density at radius 1 is 0.971 bits per heavy atom. The molecule has 1 aromatic heterocycles. The van der Waals surface area contributed by atoms with E-state index in [9.17, 15) is 9.59 Å². The maximum atomic E-state index is 12.9. The van der Waals surface area contributed by atoms with Gasteiger partial charge in [0.2, 0.25) is 0 Å². The summed E-state index contributed by atoms with van der Waals surface area (Å²) in [4.78, 5) is 25.8. The van der Waals surface area contributed by atoms with Gasteiger partial charge in [-0.05, 0) is 48.2 Å². The molecule has 2 amide bonds. The van der Waals surface area contributed by atoms with E-state index in [0.717, 1.165) is 39.6 Å². The molecule has 0 spiro atoms. The Hall–Kier alpha value is -3.90. The average molecular weight is 486 g/mol. The summed E-state index contributed by atoms with van der Waals surface area (Å²) in [6, 6.07) is 20.7. The van der Waals surface area contributed by atoms with Crippen molar-refractivity contribution in [3.05, 3.63) is 106 Å². The van der Waals surface area contributed by atoms with E-state index in [0.29, 0.717) is 35.7 Å². The third-order valence-electron chi connectivity index (χ3n) is 6.26. The van der Waals surface area contributed by atoms with Crippen LogP contribution in [0.25, 0.3) is 10.8 Å². The lowest BCUT2D eigenvalue weighted by atomic mass is 9.93. The molecule has 0 unspecified atom stereocenters. The molecule has 3 aromatic carbocycles. The van der Waals surface area contributed by atoms with E-state index in [2.05, 4.69) is 15.8 Å². The van der Waals surface area contributed by atoms with Crippen LogP contribution in [0.15, 0.2) is 76.2 Å². The Bertz CT molecular complexity index is 1470. The number of hydrogen-bond acceptors (Lipinski definition) is 4. The Balaban J connectivity index is 1.36. The van der Waals surface area contributed by atoms with Gasteiger partial charge in [0.15, 0.2) is 5.76 Å². The van der Waals surface area contributed by atoms with E-state index in [1.807, 2.05) is 61.5 Å². The Kier molecular flexibility index (Phi) is 6.38. The summed E-state index contributed by atoms with van der Waals surface area (Å²) in [5.41, 5.74) is 6.34. The van der Waals surface area contributed by atoms with Gasteiger partial charge in [-0.2, -0.15) is 5.10 Å². The number of amides is 2.